The molecule has 0 aromatic rings. The molecular weight excluding hydrogens is 198 g/mol. The number of nitrogens with two attached hydrogens (primary N) is 1. The average molecular weight is 209 g/mol. The van der Waals surface area contributed by atoms with Gasteiger partial charge in [-0.3, -0.25) is 10.0 Å². The number of hydroxylamine groups is 1. The van der Waals surface area contributed by atoms with Crippen LogP contribution in [0.2, 0.25) is 0 Å². The monoisotopic (exact) mass is 209 g/mol. The molecule has 2 aliphatic rings. The molecule has 2 rings (SSSR count). The van der Waals surface area contributed by atoms with Gasteiger partial charge in [-0.05, 0) is 17.2 Å². The molecular formula is C9H11N3O3. The van der Waals surface area contributed by atoms with Gasteiger partial charge in [-0.25, -0.2) is 10.3 Å². The van der Waals surface area contributed by atoms with Crippen LogP contribution in [0.5, 0.6) is 0 Å². The zero-order valence-corrected chi connectivity index (χ0v) is 7.86. The van der Waals surface area contributed by atoms with Gasteiger partial charge < -0.3 is 11.1 Å². The number of carbonyl (C=O) groups excluding carboxylic acids is 2. The standard InChI is InChI=1S/C6H4.C3H7N3O3/c1-2-5-4-6(5)3-1;4-3(8)5-1-2(7)6-9/h1-4H;9H,1H2,(H,6,7)(H3,4,5,8). The second-order valence-corrected chi connectivity index (χ2v) is 2.83. The summed E-state index contributed by atoms with van der Waals surface area (Å²) in [5.74, 6) is -0.714. The van der Waals surface area contributed by atoms with Crippen LogP contribution >= 0.6 is 0 Å². The lowest BCUT2D eigenvalue weighted by Gasteiger charge is -1.96. The van der Waals surface area contributed by atoms with Crippen molar-refractivity contribution in [2.45, 2.75) is 0 Å². The number of nitrogens with one attached hydrogen (secondary N) is 2. The third-order valence-corrected chi connectivity index (χ3v) is 1.66. The SMILES string of the molecule is NC(=O)NCC(=O)NO.c1cc2cc-2c1. The van der Waals surface area contributed by atoms with Crippen LogP contribution in [-0.4, -0.2) is 23.7 Å². The van der Waals surface area contributed by atoms with Gasteiger partial charge in [-0.2, -0.15) is 0 Å². The molecule has 0 heterocycles. The summed E-state index contributed by atoms with van der Waals surface area (Å²) in [4.78, 5) is 20.0. The third-order valence-electron chi connectivity index (χ3n) is 1.66. The zero-order valence-electron chi connectivity index (χ0n) is 7.86. The van der Waals surface area contributed by atoms with Crippen molar-refractivity contribution in [3.8, 4) is 11.1 Å². The molecule has 5 N–H and O–H groups in total. The normalized spacial score (nSPS) is 9.40. The zero-order chi connectivity index (χ0) is 11.3. The van der Waals surface area contributed by atoms with Crippen molar-refractivity contribution in [3.05, 3.63) is 24.3 Å². The number of hydrogen-bond donors (Lipinski definition) is 4. The lowest BCUT2D eigenvalue weighted by Crippen LogP contribution is -2.38. The molecule has 0 atom stereocenters. The van der Waals surface area contributed by atoms with Crippen molar-refractivity contribution in [2.75, 3.05) is 6.54 Å². The van der Waals surface area contributed by atoms with Crippen molar-refractivity contribution < 1.29 is 14.8 Å². The second kappa shape index (κ2) is 4.97. The number of hydrogen-bond acceptors (Lipinski definition) is 3. The molecule has 0 unspecified atom stereocenters. The van der Waals surface area contributed by atoms with Crippen molar-refractivity contribution in [2.24, 2.45) is 5.73 Å². The number of rotatable bonds is 2. The van der Waals surface area contributed by atoms with Gasteiger partial charge in [0.15, 0.2) is 0 Å². The van der Waals surface area contributed by atoms with E-state index in [1.165, 1.54) is 16.6 Å². The van der Waals surface area contributed by atoms with Gasteiger partial charge in [0.2, 0.25) is 0 Å². The summed E-state index contributed by atoms with van der Waals surface area (Å²) < 4.78 is 0. The van der Waals surface area contributed by atoms with E-state index in [1.807, 2.05) is 5.32 Å². The van der Waals surface area contributed by atoms with Gasteiger partial charge in [0, 0.05) is 0 Å². The van der Waals surface area contributed by atoms with Crippen LogP contribution in [0.3, 0.4) is 0 Å². The lowest BCUT2D eigenvalue weighted by molar-refractivity contribution is -0.128. The molecule has 0 aromatic carbocycles. The first-order valence-electron chi connectivity index (χ1n) is 4.20. The Bertz CT molecular complexity index is 361. The van der Waals surface area contributed by atoms with Crippen LogP contribution in [0, 0.1) is 0 Å². The maximum Gasteiger partial charge on any atom is 0.312 e. The van der Waals surface area contributed by atoms with E-state index in [-0.39, 0.29) is 6.54 Å². The number of primary amides is 1. The van der Waals surface area contributed by atoms with E-state index in [1.54, 1.807) is 0 Å². The summed E-state index contributed by atoms with van der Waals surface area (Å²) in [5, 5.41) is 9.82. The van der Waals surface area contributed by atoms with Crippen LogP contribution in [0.25, 0.3) is 11.1 Å². The lowest BCUT2D eigenvalue weighted by atomic mass is 10.6. The number of urea groups is 1. The molecule has 6 heteroatoms. The van der Waals surface area contributed by atoms with Crippen LogP contribution in [0.15, 0.2) is 24.3 Å². The predicted octanol–water partition coefficient (Wildman–Crippen LogP) is -0.173. The third kappa shape index (κ3) is 4.10. The highest BCUT2D eigenvalue weighted by Crippen LogP contribution is 2.32. The Morgan fingerprint density at radius 2 is 1.93 bits per heavy atom. The van der Waals surface area contributed by atoms with Crippen molar-refractivity contribution >= 4 is 11.9 Å². The molecule has 0 saturated heterocycles. The number of carbonyl (C=O) groups is 2. The van der Waals surface area contributed by atoms with E-state index in [0.717, 1.165) is 0 Å². The van der Waals surface area contributed by atoms with Gasteiger partial charge in [0.05, 0.1) is 0 Å². The molecule has 2 aliphatic carbocycles. The molecule has 0 aromatic heterocycles. The molecule has 15 heavy (non-hydrogen) atoms. The summed E-state index contributed by atoms with van der Waals surface area (Å²) in [5.41, 5.74) is 8.75. The highest BCUT2D eigenvalue weighted by atomic mass is 16.5. The minimum absolute atomic E-state index is 0.314. The van der Waals surface area contributed by atoms with E-state index >= 15 is 0 Å². The second-order valence-electron chi connectivity index (χ2n) is 2.83. The van der Waals surface area contributed by atoms with Gasteiger partial charge in [0.25, 0.3) is 5.91 Å². The first-order valence-corrected chi connectivity index (χ1v) is 4.20. The molecule has 0 fully saturated rings. The Labute approximate surface area is 86.0 Å². The number of fused-ring (bicyclic) bond motifs is 1. The summed E-state index contributed by atoms with van der Waals surface area (Å²) in [6.07, 6.45) is 0. The van der Waals surface area contributed by atoms with Crippen LogP contribution in [-0.2, 0) is 4.79 Å². The Kier molecular flexibility index (Phi) is 3.64. The fraction of sp³-hybridized carbons (Fsp3) is 0.111. The fourth-order valence-electron chi connectivity index (χ4n) is 0.882. The van der Waals surface area contributed by atoms with Gasteiger partial charge in [-0.15, -0.1) is 0 Å². The minimum Gasteiger partial charge on any atom is -0.352 e. The highest BCUT2D eigenvalue weighted by molar-refractivity contribution is 5.82. The first-order chi connectivity index (χ1) is 7.13. The van der Waals surface area contributed by atoms with E-state index in [2.05, 4.69) is 30.0 Å². The van der Waals surface area contributed by atoms with Crippen molar-refractivity contribution in [1.29, 1.82) is 0 Å². The summed E-state index contributed by atoms with van der Waals surface area (Å²) in [7, 11) is 0. The average Bonchev–Trinajstić information content (AvgIpc) is 2.83. The van der Waals surface area contributed by atoms with Crippen LogP contribution < -0.4 is 16.5 Å². The van der Waals surface area contributed by atoms with E-state index in [9.17, 15) is 9.59 Å². The molecule has 0 spiro atoms. The summed E-state index contributed by atoms with van der Waals surface area (Å²) in [6, 6.07) is 7.67. The molecule has 0 bridgehead atoms. The highest BCUT2D eigenvalue weighted by Gasteiger charge is 2.06. The molecule has 0 aliphatic heterocycles. The van der Waals surface area contributed by atoms with Crippen molar-refractivity contribution in [1.82, 2.24) is 10.8 Å². The molecule has 0 radical (unpaired) electrons. The van der Waals surface area contributed by atoms with Crippen LogP contribution in [0.4, 0.5) is 4.79 Å². The number of benzene rings is 1. The van der Waals surface area contributed by atoms with Crippen molar-refractivity contribution in [3.63, 3.8) is 0 Å². The summed E-state index contributed by atoms with van der Waals surface area (Å²) >= 11 is 0. The Balaban J connectivity index is 0.000000158. The fourth-order valence-corrected chi connectivity index (χ4v) is 0.882. The molecule has 3 amide bonds. The maximum absolute atomic E-state index is 10.1. The Morgan fingerprint density at radius 1 is 1.33 bits per heavy atom. The largest absolute Gasteiger partial charge is 0.352 e. The smallest absolute Gasteiger partial charge is 0.312 e. The predicted molar refractivity (Wildman–Crippen MR) is 53.0 cm³/mol. The first kappa shape index (κ1) is 11.0. The van der Waals surface area contributed by atoms with Gasteiger partial charge in [-0.1, -0.05) is 18.2 Å². The molecule has 0 saturated carbocycles. The maximum atomic E-state index is 10.1. The van der Waals surface area contributed by atoms with E-state index < -0.39 is 11.9 Å². The quantitative estimate of drug-likeness (QED) is 0.407. The Morgan fingerprint density at radius 3 is 2.20 bits per heavy atom. The van der Waals surface area contributed by atoms with Gasteiger partial charge >= 0.3 is 6.03 Å². The topological polar surface area (TPSA) is 104 Å². The minimum atomic E-state index is -0.807. The molecule has 6 nitrogen and oxygen atoms in total. The molecule has 80 valence electrons. The van der Waals surface area contributed by atoms with E-state index in [0.29, 0.717) is 0 Å². The summed E-state index contributed by atoms with van der Waals surface area (Å²) in [6.45, 7) is -0.314. The Hall–Kier alpha value is -2.08. The number of amides is 3. The van der Waals surface area contributed by atoms with Crippen LogP contribution in [0.1, 0.15) is 0 Å². The van der Waals surface area contributed by atoms with E-state index in [4.69, 9.17) is 5.21 Å². The van der Waals surface area contributed by atoms with Gasteiger partial charge in [0.1, 0.15) is 6.54 Å².